The highest BCUT2D eigenvalue weighted by molar-refractivity contribution is 6.44. The Labute approximate surface area is 134 Å². The molecule has 0 unspecified atom stereocenters. The van der Waals surface area contributed by atoms with Crippen LogP contribution >= 0.6 is 23.2 Å². The molecule has 0 spiro atoms. The first-order valence-electron chi connectivity index (χ1n) is 7.04. The van der Waals surface area contributed by atoms with Gasteiger partial charge in [-0.25, -0.2) is 0 Å². The highest BCUT2D eigenvalue weighted by Crippen LogP contribution is 2.31. The van der Waals surface area contributed by atoms with E-state index < -0.39 is 0 Å². The minimum atomic E-state index is -0.0193. The maximum absolute atomic E-state index is 12.4. The van der Waals surface area contributed by atoms with Crippen LogP contribution in [-0.4, -0.2) is 36.6 Å². The highest BCUT2D eigenvalue weighted by atomic mass is 35.5. The Morgan fingerprint density at radius 1 is 1.48 bits per heavy atom. The number of Topliss-reactive ketones (excluding diaryl/α,β-unsaturated/α-hetero) is 1. The number of carbonyl (C=O) groups excluding carboxylic acids is 1. The third-order valence-corrected chi connectivity index (χ3v) is 4.72. The highest BCUT2D eigenvalue weighted by Gasteiger charge is 2.29. The van der Waals surface area contributed by atoms with Crippen molar-refractivity contribution in [1.29, 1.82) is 0 Å². The van der Waals surface area contributed by atoms with E-state index in [1.54, 1.807) is 13.0 Å². The molecule has 1 aliphatic rings. The van der Waals surface area contributed by atoms with Crippen LogP contribution in [0, 0.1) is 12.8 Å². The van der Waals surface area contributed by atoms with Crippen molar-refractivity contribution in [2.75, 3.05) is 19.7 Å². The number of nitrogens with one attached hydrogen (secondary N) is 2. The predicted molar refractivity (Wildman–Crippen MR) is 85.4 cm³/mol. The molecule has 6 heteroatoms. The van der Waals surface area contributed by atoms with E-state index in [0.717, 1.165) is 25.2 Å². The summed E-state index contributed by atoms with van der Waals surface area (Å²) in [6.07, 6.45) is 3.04. The Hall–Kier alpha value is -0.810. The summed E-state index contributed by atoms with van der Waals surface area (Å²) in [6.45, 7) is 7.59. The van der Waals surface area contributed by atoms with E-state index in [1.807, 2.05) is 0 Å². The number of ether oxygens (including phenoxy) is 1. The zero-order chi connectivity index (χ0) is 15.4. The summed E-state index contributed by atoms with van der Waals surface area (Å²) in [5, 5.41) is 4.02. The van der Waals surface area contributed by atoms with Gasteiger partial charge in [-0.2, -0.15) is 0 Å². The second-order valence-electron chi connectivity index (χ2n) is 5.29. The molecule has 0 aromatic carbocycles. The van der Waals surface area contributed by atoms with Gasteiger partial charge in [0.15, 0.2) is 5.78 Å². The number of halogens is 2. The molecule has 0 bridgehead atoms. The van der Waals surface area contributed by atoms with Gasteiger partial charge in [0.2, 0.25) is 0 Å². The summed E-state index contributed by atoms with van der Waals surface area (Å²) in [6, 6.07) is 0. The first-order valence-corrected chi connectivity index (χ1v) is 7.80. The number of hydrogen-bond donors (Lipinski definition) is 2. The molecular formula is C15H20Cl2N2O2. The molecule has 0 amide bonds. The number of ketones is 1. The Balaban J connectivity index is 2.05. The molecule has 1 aliphatic heterocycles. The monoisotopic (exact) mass is 330 g/mol. The van der Waals surface area contributed by atoms with Gasteiger partial charge in [0.1, 0.15) is 5.69 Å². The van der Waals surface area contributed by atoms with Crippen molar-refractivity contribution < 1.29 is 9.53 Å². The van der Waals surface area contributed by atoms with Gasteiger partial charge in [-0.15, -0.1) is 6.58 Å². The van der Waals surface area contributed by atoms with Crippen LogP contribution in [0.15, 0.2) is 12.7 Å². The molecule has 0 saturated carbocycles. The molecular weight excluding hydrogens is 311 g/mol. The minimum Gasteiger partial charge on any atom is -0.373 e. The van der Waals surface area contributed by atoms with Crippen molar-refractivity contribution in [3.05, 3.63) is 34.1 Å². The van der Waals surface area contributed by atoms with Crippen LogP contribution in [0.1, 0.15) is 29.0 Å². The number of H-pyrrole nitrogens is 1. The molecule has 2 rings (SSSR count). The van der Waals surface area contributed by atoms with Gasteiger partial charge in [0, 0.05) is 18.7 Å². The molecule has 1 aromatic rings. The maximum atomic E-state index is 12.4. The summed E-state index contributed by atoms with van der Waals surface area (Å²) in [5.41, 5.74) is 1.12. The number of aromatic amines is 1. The van der Waals surface area contributed by atoms with Crippen LogP contribution in [0.4, 0.5) is 0 Å². The zero-order valence-electron chi connectivity index (χ0n) is 12.0. The standard InChI is InChI=1S/C15H20Cl2N2O2/c1-3-6-21-12-8-18-5-4-10(12)7-11(20)15-14(17)13(16)9(2)19-15/h3,10,12,18-19H,1,4-8H2,2H3/t10-,12-/m0/s1. The second-order valence-corrected chi connectivity index (χ2v) is 6.05. The lowest BCUT2D eigenvalue weighted by Gasteiger charge is -2.31. The van der Waals surface area contributed by atoms with Crippen LogP contribution in [0.25, 0.3) is 0 Å². The molecule has 0 aliphatic carbocycles. The van der Waals surface area contributed by atoms with Crippen LogP contribution in [0.2, 0.25) is 10.0 Å². The number of aryl methyl sites for hydroxylation is 1. The average Bonchev–Trinajstić information content (AvgIpc) is 2.74. The van der Waals surface area contributed by atoms with E-state index >= 15 is 0 Å². The van der Waals surface area contributed by atoms with Gasteiger partial charge in [-0.3, -0.25) is 4.79 Å². The predicted octanol–water partition coefficient (Wildman–Crippen LogP) is 3.38. The normalized spacial score (nSPS) is 22.2. The number of aromatic nitrogens is 1. The van der Waals surface area contributed by atoms with Gasteiger partial charge in [0.25, 0.3) is 0 Å². The Bertz CT molecular complexity index is 528. The van der Waals surface area contributed by atoms with E-state index in [-0.39, 0.29) is 17.8 Å². The van der Waals surface area contributed by atoms with Crippen LogP contribution in [-0.2, 0) is 4.74 Å². The fraction of sp³-hybridized carbons (Fsp3) is 0.533. The van der Waals surface area contributed by atoms with E-state index in [9.17, 15) is 4.79 Å². The van der Waals surface area contributed by atoms with E-state index in [4.69, 9.17) is 27.9 Å². The van der Waals surface area contributed by atoms with Crippen molar-refractivity contribution in [3.8, 4) is 0 Å². The van der Waals surface area contributed by atoms with Crippen LogP contribution < -0.4 is 5.32 Å². The lowest BCUT2D eigenvalue weighted by molar-refractivity contribution is 0.0112. The Morgan fingerprint density at radius 3 is 2.86 bits per heavy atom. The average molecular weight is 331 g/mol. The largest absolute Gasteiger partial charge is 0.373 e. The van der Waals surface area contributed by atoms with Crippen molar-refractivity contribution in [2.45, 2.75) is 25.9 Å². The third-order valence-electron chi connectivity index (χ3n) is 3.77. The summed E-state index contributed by atoms with van der Waals surface area (Å²) in [4.78, 5) is 15.4. The number of hydrogen-bond acceptors (Lipinski definition) is 3. The summed E-state index contributed by atoms with van der Waals surface area (Å²) in [5.74, 6) is 0.159. The first kappa shape index (κ1) is 16.6. The summed E-state index contributed by atoms with van der Waals surface area (Å²) >= 11 is 12.1. The molecule has 0 radical (unpaired) electrons. The summed E-state index contributed by atoms with van der Waals surface area (Å²) < 4.78 is 5.74. The van der Waals surface area contributed by atoms with Gasteiger partial charge in [-0.05, 0) is 25.8 Å². The van der Waals surface area contributed by atoms with E-state index in [2.05, 4.69) is 16.9 Å². The Morgan fingerprint density at radius 2 is 2.24 bits per heavy atom. The maximum Gasteiger partial charge on any atom is 0.180 e. The van der Waals surface area contributed by atoms with Gasteiger partial charge < -0.3 is 15.0 Å². The lowest BCUT2D eigenvalue weighted by Crippen LogP contribution is -2.43. The minimum absolute atomic E-state index is 0.0193. The molecule has 4 nitrogen and oxygen atoms in total. The molecule has 1 fully saturated rings. The summed E-state index contributed by atoms with van der Waals surface area (Å²) in [7, 11) is 0. The Kier molecular flexibility index (Phi) is 5.88. The molecule has 2 N–H and O–H groups in total. The topological polar surface area (TPSA) is 54.1 Å². The van der Waals surface area contributed by atoms with Gasteiger partial charge >= 0.3 is 0 Å². The van der Waals surface area contributed by atoms with Crippen LogP contribution in [0.5, 0.6) is 0 Å². The molecule has 21 heavy (non-hydrogen) atoms. The number of piperidine rings is 1. The fourth-order valence-electron chi connectivity index (χ4n) is 2.61. The van der Waals surface area contributed by atoms with E-state index in [0.29, 0.717) is 28.8 Å². The molecule has 1 aromatic heterocycles. The van der Waals surface area contributed by atoms with Gasteiger partial charge in [0.05, 0.1) is 22.8 Å². The van der Waals surface area contributed by atoms with Crippen molar-refractivity contribution >= 4 is 29.0 Å². The quantitative estimate of drug-likeness (QED) is 0.621. The molecule has 116 valence electrons. The second kappa shape index (κ2) is 7.45. The van der Waals surface area contributed by atoms with Crippen LogP contribution in [0.3, 0.4) is 0 Å². The molecule has 2 atom stereocenters. The first-order chi connectivity index (χ1) is 10.0. The number of carbonyl (C=O) groups is 1. The zero-order valence-corrected chi connectivity index (χ0v) is 13.6. The van der Waals surface area contributed by atoms with Crippen molar-refractivity contribution in [2.24, 2.45) is 5.92 Å². The smallest absolute Gasteiger partial charge is 0.180 e. The number of rotatable bonds is 6. The molecule has 1 saturated heterocycles. The molecule has 2 heterocycles. The fourth-order valence-corrected chi connectivity index (χ4v) is 3.04. The van der Waals surface area contributed by atoms with E-state index in [1.165, 1.54) is 0 Å². The van der Waals surface area contributed by atoms with Gasteiger partial charge in [-0.1, -0.05) is 29.3 Å². The van der Waals surface area contributed by atoms with Crippen molar-refractivity contribution in [3.63, 3.8) is 0 Å². The third kappa shape index (κ3) is 3.89. The van der Waals surface area contributed by atoms with Crippen molar-refractivity contribution in [1.82, 2.24) is 10.3 Å². The lowest BCUT2D eigenvalue weighted by atomic mass is 9.89. The SMILES string of the molecule is C=CCO[C@H]1CNCC[C@H]1CC(=O)c1[nH]c(C)c(Cl)c1Cl.